The Morgan fingerprint density at radius 1 is 1.29 bits per heavy atom. The van der Waals surface area contributed by atoms with Gasteiger partial charge in [-0.25, -0.2) is 0 Å². The Hall–Kier alpha value is -1.26. The zero-order chi connectivity index (χ0) is 12.5. The van der Waals surface area contributed by atoms with Crippen LogP contribution in [0.15, 0.2) is 24.3 Å². The van der Waals surface area contributed by atoms with E-state index in [1.54, 1.807) is 12.1 Å². The van der Waals surface area contributed by atoms with Crippen molar-refractivity contribution in [3.8, 4) is 5.75 Å². The number of phenolic OH excluding ortho intramolecular Hbond substituents is 1. The summed E-state index contributed by atoms with van der Waals surface area (Å²) >= 11 is 5.44. The highest BCUT2D eigenvalue weighted by Gasteiger charge is 2.03. The fourth-order valence-electron chi connectivity index (χ4n) is 1.25. The number of aromatic hydroxyl groups is 1. The fourth-order valence-corrected chi connectivity index (χ4v) is 1.36. The summed E-state index contributed by atoms with van der Waals surface area (Å²) in [7, 11) is 0. The predicted octanol–water partition coefficient (Wildman–Crippen LogP) is 1.77. The molecule has 0 aliphatic carbocycles. The van der Waals surface area contributed by atoms with Gasteiger partial charge in [-0.3, -0.25) is 4.79 Å². The molecule has 0 bridgehead atoms. The van der Waals surface area contributed by atoms with Crippen LogP contribution in [0.1, 0.15) is 16.8 Å². The van der Waals surface area contributed by atoms with Crippen molar-refractivity contribution in [3.63, 3.8) is 0 Å². The summed E-state index contributed by atoms with van der Waals surface area (Å²) in [6.07, 6.45) is 0.751. The molecule has 1 rings (SSSR count). The van der Waals surface area contributed by atoms with E-state index in [0.29, 0.717) is 31.2 Å². The minimum Gasteiger partial charge on any atom is -0.508 e. The first-order valence-electron chi connectivity index (χ1n) is 5.45. The van der Waals surface area contributed by atoms with Gasteiger partial charge in [-0.1, -0.05) is 0 Å². The van der Waals surface area contributed by atoms with E-state index >= 15 is 0 Å². The molecule has 0 fully saturated rings. The first-order valence-corrected chi connectivity index (χ1v) is 5.98. The molecular weight excluding hydrogens is 242 g/mol. The SMILES string of the molecule is O=C(NCCCOCCCl)c1ccc(O)cc1. The van der Waals surface area contributed by atoms with Crippen LogP contribution in [0.2, 0.25) is 0 Å². The van der Waals surface area contributed by atoms with Crippen molar-refractivity contribution in [2.24, 2.45) is 0 Å². The highest BCUT2D eigenvalue weighted by Crippen LogP contribution is 2.09. The monoisotopic (exact) mass is 257 g/mol. The molecule has 0 unspecified atom stereocenters. The summed E-state index contributed by atoms with van der Waals surface area (Å²) in [5.74, 6) is 0.484. The number of carbonyl (C=O) groups excluding carboxylic acids is 1. The third kappa shape index (κ3) is 5.56. The average molecular weight is 258 g/mol. The molecule has 0 spiro atoms. The highest BCUT2D eigenvalue weighted by molar-refractivity contribution is 6.17. The number of nitrogens with one attached hydrogen (secondary N) is 1. The minimum atomic E-state index is -0.151. The molecule has 5 heteroatoms. The average Bonchev–Trinajstić information content (AvgIpc) is 2.34. The predicted molar refractivity (Wildman–Crippen MR) is 66.6 cm³/mol. The summed E-state index contributed by atoms with van der Waals surface area (Å²) in [6.45, 7) is 1.68. The molecule has 0 aliphatic heterocycles. The molecular formula is C12H16ClNO3. The lowest BCUT2D eigenvalue weighted by atomic mass is 10.2. The fraction of sp³-hybridized carbons (Fsp3) is 0.417. The maximum Gasteiger partial charge on any atom is 0.251 e. The summed E-state index contributed by atoms with van der Waals surface area (Å²) in [6, 6.07) is 6.13. The Labute approximate surface area is 106 Å². The number of phenols is 1. The Morgan fingerprint density at radius 2 is 2.00 bits per heavy atom. The molecule has 0 heterocycles. The first-order chi connectivity index (χ1) is 8.24. The summed E-state index contributed by atoms with van der Waals surface area (Å²) in [4.78, 5) is 11.6. The molecule has 2 N–H and O–H groups in total. The molecule has 0 saturated carbocycles. The molecule has 0 radical (unpaired) electrons. The maximum atomic E-state index is 11.6. The van der Waals surface area contributed by atoms with E-state index in [2.05, 4.69) is 5.32 Å². The van der Waals surface area contributed by atoms with Crippen molar-refractivity contribution in [1.29, 1.82) is 0 Å². The lowest BCUT2D eigenvalue weighted by molar-refractivity contribution is 0.0944. The van der Waals surface area contributed by atoms with Crippen LogP contribution in [0, 0.1) is 0 Å². The van der Waals surface area contributed by atoms with E-state index in [1.807, 2.05) is 0 Å². The Kier molecular flexibility index (Phi) is 6.43. The Bertz CT molecular complexity index is 340. The van der Waals surface area contributed by atoms with Crippen LogP contribution in [0.3, 0.4) is 0 Å². The van der Waals surface area contributed by atoms with Crippen LogP contribution in [0.5, 0.6) is 5.75 Å². The van der Waals surface area contributed by atoms with Gasteiger partial charge in [0.05, 0.1) is 6.61 Å². The highest BCUT2D eigenvalue weighted by atomic mass is 35.5. The number of amides is 1. The number of ether oxygens (including phenoxy) is 1. The number of hydrogen-bond donors (Lipinski definition) is 2. The molecule has 1 aromatic rings. The van der Waals surface area contributed by atoms with E-state index < -0.39 is 0 Å². The number of hydrogen-bond acceptors (Lipinski definition) is 3. The van der Waals surface area contributed by atoms with Gasteiger partial charge >= 0.3 is 0 Å². The second-order valence-electron chi connectivity index (χ2n) is 3.46. The number of rotatable bonds is 7. The van der Waals surface area contributed by atoms with E-state index in [4.69, 9.17) is 21.4 Å². The maximum absolute atomic E-state index is 11.6. The van der Waals surface area contributed by atoms with Crippen molar-refractivity contribution in [2.75, 3.05) is 25.6 Å². The van der Waals surface area contributed by atoms with Crippen LogP contribution in [0.25, 0.3) is 0 Å². The van der Waals surface area contributed by atoms with Gasteiger partial charge in [0.25, 0.3) is 5.91 Å². The van der Waals surface area contributed by atoms with E-state index in [-0.39, 0.29) is 11.7 Å². The lowest BCUT2D eigenvalue weighted by Crippen LogP contribution is -2.25. The van der Waals surface area contributed by atoms with Gasteiger partial charge in [-0.05, 0) is 30.7 Å². The van der Waals surface area contributed by atoms with Crippen molar-refractivity contribution in [3.05, 3.63) is 29.8 Å². The number of carbonyl (C=O) groups is 1. The molecule has 0 atom stereocenters. The molecule has 0 saturated heterocycles. The van der Waals surface area contributed by atoms with Gasteiger partial charge in [-0.2, -0.15) is 0 Å². The van der Waals surface area contributed by atoms with Gasteiger partial charge in [0.15, 0.2) is 0 Å². The molecule has 1 aromatic carbocycles. The molecule has 94 valence electrons. The van der Waals surface area contributed by atoms with Crippen LogP contribution >= 0.6 is 11.6 Å². The zero-order valence-electron chi connectivity index (χ0n) is 9.49. The van der Waals surface area contributed by atoms with Crippen LogP contribution in [-0.2, 0) is 4.74 Å². The topological polar surface area (TPSA) is 58.6 Å². The van der Waals surface area contributed by atoms with Crippen LogP contribution < -0.4 is 5.32 Å². The van der Waals surface area contributed by atoms with Crippen LogP contribution in [0.4, 0.5) is 0 Å². The number of alkyl halides is 1. The third-order valence-electron chi connectivity index (χ3n) is 2.10. The van der Waals surface area contributed by atoms with Gasteiger partial charge in [0, 0.05) is 24.6 Å². The van der Waals surface area contributed by atoms with E-state index in [0.717, 1.165) is 6.42 Å². The minimum absolute atomic E-state index is 0.149. The van der Waals surface area contributed by atoms with Gasteiger partial charge in [0.1, 0.15) is 5.75 Å². The molecule has 17 heavy (non-hydrogen) atoms. The molecule has 4 nitrogen and oxygen atoms in total. The van der Waals surface area contributed by atoms with Crippen molar-refractivity contribution in [2.45, 2.75) is 6.42 Å². The second-order valence-corrected chi connectivity index (χ2v) is 3.84. The standard InChI is InChI=1S/C12H16ClNO3/c13-6-9-17-8-1-7-14-12(16)10-2-4-11(15)5-3-10/h2-5,15H,1,6-9H2,(H,14,16). The third-order valence-corrected chi connectivity index (χ3v) is 2.26. The van der Waals surface area contributed by atoms with Gasteiger partial charge in [-0.15, -0.1) is 11.6 Å². The van der Waals surface area contributed by atoms with Gasteiger partial charge in [0.2, 0.25) is 0 Å². The Balaban J connectivity index is 2.19. The van der Waals surface area contributed by atoms with Crippen molar-refractivity contribution in [1.82, 2.24) is 5.32 Å². The molecule has 0 aromatic heterocycles. The normalized spacial score (nSPS) is 10.2. The first kappa shape index (κ1) is 13.8. The number of benzene rings is 1. The van der Waals surface area contributed by atoms with Crippen molar-refractivity contribution < 1.29 is 14.6 Å². The van der Waals surface area contributed by atoms with Crippen molar-refractivity contribution >= 4 is 17.5 Å². The second kappa shape index (κ2) is 7.92. The summed E-state index contributed by atoms with van der Waals surface area (Å²) in [5.41, 5.74) is 0.532. The smallest absolute Gasteiger partial charge is 0.251 e. The van der Waals surface area contributed by atoms with Gasteiger partial charge < -0.3 is 15.2 Å². The zero-order valence-corrected chi connectivity index (χ0v) is 10.2. The van der Waals surface area contributed by atoms with E-state index in [1.165, 1.54) is 12.1 Å². The molecule has 1 amide bonds. The summed E-state index contributed by atoms with van der Waals surface area (Å²) < 4.78 is 5.17. The number of halogens is 1. The lowest BCUT2D eigenvalue weighted by Gasteiger charge is -2.05. The van der Waals surface area contributed by atoms with E-state index in [9.17, 15) is 4.79 Å². The van der Waals surface area contributed by atoms with Crippen LogP contribution in [-0.4, -0.2) is 36.7 Å². The summed E-state index contributed by atoms with van der Waals surface area (Å²) in [5, 5.41) is 11.8. The Morgan fingerprint density at radius 3 is 2.65 bits per heavy atom. The quantitative estimate of drug-likeness (QED) is 0.578. The molecule has 0 aliphatic rings. The largest absolute Gasteiger partial charge is 0.508 e.